The normalized spacial score (nSPS) is 24.3. The van der Waals surface area contributed by atoms with Crippen LogP contribution in [0.3, 0.4) is 0 Å². The largest absolute Gasteiger partial charge is 0.296 e. The lowest BCUT2D eigenvalue weighted by Crippen LogP contribution is -2.20. The zero-order valence-electron chi connectivity index (χ0n) is 11.6. The summed E-state index contributed by atoms with van der Waals surface area (Å²) in [6.45, 7) is 4.47. The van der Waals surface area contributed by atoms with E-state index >= 15 is 0 Å². The molecule has 0 aliphatic heterocycles. The van der Waals surface area contributed by atoms with Gasteiger partial charge in [-0.2, -0.15) is 8.42 Å². The Hall–Kier alpha value is -0.870. The van der Waals surface area contributed by atoms with Crippen molar-refractivity contribution in [1.29, 1.82) is 0 Å². The van der Waals surface area contributed by atoms with E-state index in [1.165, 1.54) is 12.8 Å². The van der Waals surface area contributed by atoms with E-state index in [1.807, 2.05) is 6.92 Å². The minimum atomic E-state index is -3.59. The summed E-state index contributed by atoms with van der Waals surface area (Å²) in [5.41, 5.74) is 1.04. The van der Waals surface area contributed by atoms with E-state index in [1.54, 1.807) is 24.3 Å². The third kappa shape index (κ3) is 4.05. The standard InChI is InChI=1S/C15H22O3S/c1-12-6-8-15(9-7-12)19(16,17)18-11-14-5-3-4-13(2)10-14/h6-9,13-14H,3-5,10-11H2,1-2H3/t13-,14-/m1/s1. The number of benzene rings is 1. The van der Waals surface area contributed by atoms with Gasteiger partial charge in [0.25, 0.3) is 10.1 Å². The molecule has 0 saturated heterocycles. The Morgan fingerprint density at radius 1 is 1.21 bits per heavy atom. The van der Waals surface area contributed by atoms with Crippen LogP contribution < -0.4 is 0 Å². The maximum absolute atomic E-state index is 12.0. The average molecular weight is 282 g/mol. The van der Waals surface area contributed by atoms with Gasteiger partial charge in [0.15, 0.2) is 0 Å². The fraction of sp³-hybridized carbons (Fsp3) is 0.600. The molecule has 1 fully saturated rings. The second-order valence-electron chi connectivity index (χ2n) is 5.69. The van der Waals surface area contributed by atoms with Crippen molar-refractivity contribution in [3.05, 3.63) is 29.8 Å². The molecule has 0 aromatic heterocycles. The Morgan fingerprint density at radius 2 is 1.89 bits per heavy atom. The predicted molar refractivity (Wildman–Crippen MR) is 75.4 cm³/mol. The fourth-order valence-corrected chi connectivity index (χ4v) is 3.65. The molecule has 106 valence electrons. The van der Waals surface area contributed by atoms with Crippen LogP contribution in [0.5, 0.6) is 0 Å². The zero-order chi connectivity index (χ0) is 13.9. The van der Waals surface area contributed by atoms with Crippen LogP contribution in [0.1, 0.15) is 38.2 Å². The summed E-state index contributed by atoms with van der Waals surface area (Å²) in [5.74, 6) is 1.06. The van der Waals surface area contributed by atoms with Crippen molar-refractivity contribution in [3.63, 3.8) is 0 Å². The van der Waals surface area contributed by atoms with Gasteiger partial charge in [-0.05, 0) is 43.7 Å². The van der Waals surface area contributed by atoms with Crippen molar-refractivity contribution < 1.29 is 12.6 Å². The minimum Gasteiger partial charge on any atom is -0.266 e. The van der Waals surface area contributed by atoms with Crippen LogP contribution in [0, 0.1) is 18.8 Å². The van der Waals surface area contributed by atoms with E-state index in [9.17, 15) is 8.42 Å². The molecule has 2 atom stereocenters. The topological polar surface area (TPSA) is 43.4 Å². The van der Waals surface area contributed by atoms with E-state index in [2.05, 4.69) is 6.92 Å². The Balaban J connectivity index is 1.96. The Kier molecular flexibility index (Phi) is 4.63. The summed E-state index contributed by atoms with van der Waals surface area (Å²) < 4.78 is 29.3. The number of hydrogen-bond donors (Lipinski definition) is 0. The molecule has 0 spiro atoms. The highest BCUT2D eigenvalue weighted by Crippen LogP contribution is 2.29. The van der Waals surface area contributed by atoms with E-state index < -0.39 is 10.1 Å². The summed E-state index contributed by atoms with van der Waals surface area (Å²) in [4.78, 5) is 0.252. The van der Waals surface area contributed by atoms with Crippen molar-refractivity contribution in [1.82, 2.24) is 0 Å². The number of hydrogen-bond acceptors (Lipinski definition) is 3. The van der Waals surface area contributed by atoms with Gasteiger partial charge < -0.3 is 0 Å². The molecule has 1 saturated carbocycles. The van der Waals surface area contributed by atoms with Gasteiger partial charge in [-0.25, -0.2) is 0 Å². The Labute approximate surface area is 116 Å². The Morgan fingerprint density at radius 3 is 2.53 bits per heavy atom. The van der Waals surface area contributed by atoms with Crippen LogP contribution in [0.25, 0.3) is 0 Å². The lowest BCUT2D eigenvalue weighted by molar-refractivity contribution is 0.186. The van der Waals surface area contributed by atoms with Crippen LogP contribution in [0.15, 0.2) is 29.2 Å². The van der Waals surface area contributed by atoms with Crippen LogP contribution >= 0.6 is 0 Å². The molecule has 1 aliphatic carbocycles. The average Bonchev–Trinajstić information content (AvgIpc) is 2.37. The first-order chi connectivity index (χ1) is 8.97. The van der Waals surface area contributed by atoms with Crippen LogP contribution in [0.4, 0.5) is 0 Å². The zero-order valence-corrected chi connectivity index (χ0v) is 12.4. The molecule has 2 rings (SSSR count). The molecular formula is C15H22O3S. The Bertz CT molecular complexity index is 505. The molecule has 0 radical (unpaired) electrons. The molecular weight excluding hydrogens is 260 g/mol. The molecule has 3 nitrogen and oxygen atoms in total. The molecule has 1 aliphatic rings. The molecule has 1 aromatic rings. The van der Waals surface area contributed by atoms with Gasteiger partial charge >= 0.3 is 0 Å². The number of rotatable bonds is 4. The van der Waals surface area contributed by atoms with Gasteiger partial charge in [-0.3, -0.25) is 4.18 Å². The monoisotopic (exact) mass is 282 g/mol. The fourth-order valence-electron chi connectivity index (χ4n) is 2.67. The minimum absolute atomic E-state index is 0.252. The first-order valence-corrected chi connectivity index (χ1v) is 8.34. The van der Waals surface area contributed by atoms with Crippen LogP contribution in [-0.4, -0.2) is 15.0 Å². The maximum atomic E-state index is 12.0. The lowest BCUT2D eigenvalue weighted by Gasteiger charge is -2.26. The van der Waals surface area contributed by atoms with E-state index in [0.717, 1.165) is 18.4 Å². The summed E-state index contributed by atoms with van der Waals surface area (Å²) in [7, 11) is -3.59. The predicted octanol–water partition coefficient (Wildman–Crippen LogP) is 3.53. The first-order valence-electron chi connectivity index (χ1n) is 6.93. The van der Waals surface area contributed by atoms with Gasteiger partial charge in [-0.15, -0.1) is 0 Å². The highest BCUT2D eigenvalue weighted by atomic mass is 32.2. The van der Waals surface area contributed by atoms with Crippen molar-refractivity contribution >= 4 is 10.1 Å². The van der Waals surface area contributed by atoms with Crippen molar-refractivity contribution in [2.75, 3.05) is 6.61 Å². The van der Waals surface area contributed by atoms with Gasteiger partial charge in [0, 0.05) is 0 Å². The maximum Gasteiger partial charge on any atom is 0.296 e. The van der Waals surface area contributed by atoms with Gasteiger partial charge in [0.1, 0.15) is 0 Å². The van der Waals surface area contributed by atoms with Gasteiger partial charge in [0.2, 0.25) is 0 Å². The first kappa shape index (κ1) is 14.5. The van der Waals surface area contributed by atoms with E-state index in [4.69, 9.17) is 4.18 Å². The SMILES string of the molecule is Cc1ccc(S(=O)(=O)OC[C@@H]2CCC[C@@H](C)C2)cc1. The van der Waals surface area contributed by atoms with E-state index in [0.29, 0.717) is 18.4 Å². The molecule has 0 N–H and O–H groups in total. The third-order valence-corrected chi connectivity index (χ3v) is 5.11. The summed E-state index contributed by atoms with van der Waals surface area (Å²) >= 11 is 0. The van der Waals surface area contributed by atoms with Gasteiger partial charge in [0.05, 0.1) is 11.5 Å². The smallest absolute Gasteiger partial charge is 0.266 e. The summed E-state index contributed by atoms with van der Waals surface area (Å²) in [6, 6.07) is 6.79. The molecule has 0 heterocycles. The van der Waals surface area contributed by atoms with Crippen LogP contribution in [0.2, 0.25) is 0 Å². The summed E-state index contributed by atoms with van der Waals surface area (Å²) in [5, 5.41) is 0. The lowest BCUT2D eigenvalue weighted by atomic mass is 9.83. The molecule has 4 heteroatoms. The highest BCUT2D eigenvalue weighted by molar-refractivity contribution is 7.86. The molecule has 1 aromatic carbocycles. The third-order valence-electron chi connectivity index (χ3n) is 3.81. The highest BCUT2D eigenvalue weighted by Gasteiger charge is 2.22. The van der Waals surface area contributed by atoms with Crippen molar-refractivity contribution in [2.45, 2.75) is 44.4 Å². The molecule has 0 amide bonds. The second-order valence-corrected chi connectivity index (χ2v) is 7.30. The van der Waals surface area contributed by atoms with Gasteiger partial charge in [-0.1, -0.05) is 37.5 Å². The van der Waals surface area contributed by atoms with Crippen LogP contribution in [-0.2, 0) is 14.3 Å². The quantitative estimate of drug-likeness (QED) is 0.793. The summed E-state index contributed by atoms with van der Waals surface area (Å²) in [6.07, 6.45) is 4.58. The molecule has 0 bridgehead atoms. The van der Waals surface area contributed by atoms with E-state index in [-0.39, 0.29) is 4.90 Å². The number of aryl methyl sites for hydroxylation is 1. The second kappa shape index (κ2) is 6.06. The van der Waals surface area contributed by atoms with Crippen molar-refractivity contribution in [2.24, 2.45) is 11.8 Å². The molecule has 19 heavy (non-hydrogen) atoms. The van der Waals surface area contributed by atoms with Crippen molar-refractivity contribution in [3.8, 4) is 0 Å². The molecule has 0 unspecified atom stereocenters.